The van der Waals surface area contributed by atoms with Gasteiger partial charge in [-0.05, 0) is 24.5 Å². The molecule has 4 heteroatoms. The van der Waals surface area contributed by atoms with E-state index in [1.165, 1.54) is 77.0 Å². The van der Waals surface area contributed by atoms with Crippen LogP contribution < -0.4 is 0 Å². The molecular formula is C21H33Cl3O. The number of aromatic hydroxyl groups is 1. The van der Waals surface area contributed by atoms with Gasteiger partial charge in [0.2, 0.25) is 0 Å². The molecule has 0 bridgehead atoms. The third-order valence-corrected chi connectivity index (χ3v) is 5.80. The Kier molecular flexibility index (Phi) is 12.9. The molecule has 0 heterocycles. The van der Waals surface area contributed by atoms with Gasteiger partial charge in [-0.3, -0.25) is 0 Å². The van der Waals surface area contributed by atoms with E-state index >= 15 is 0 Å². The predicted octanol–water partition coefficient (Wildman–Crippen LogP) is 8.99. The molecule has 0 aliphatic carbocycles. The monoisotopic (exact) mass is 406 g/mol. The molecule has 1 nitrogen and oxygen atoms in total. The minimum atomic E-state index is -0.0579. The summed E-state index contributed by atoms with van der Waals surface area (Å²) in [4.78, 5) is 0. The van der Waals surface area contributed by atoms with E-state index in [-0.39, 0.29) is 10.8 Å². The van der Waals surface area contributed by atoms with Crippen molar-refractivity contribution in [3.63, 3.8) is 0 Å². The van der Waals surface area contributed by atoms with Crippen LogP contribution in [0.2, 0.25) is 15.1 Å². The van der Waals surface area contributed by atoms with Gasteiger partial charge < -0.3 is 5.11 Å². The molecule has 0 saturated carbocycles. The molecule has 0 saturated heterocycles. The average molecular weight is 408 g/mol. The number of phenols is 1. The highest BCUT2D eigenvalue weighted by Gasteiger charge is 2.13. The van der Waals surface area contributed by atoms with Crippen molar-refractivity contribution < 1.29 is 5.11 Å². The minimum Gasteiger partial charge on any atom is -0.505 e. The Morgan fingerprint density at radius 3 is 1.60 bits per heavy atom. The fraction of sp³-hybridized carbons (Fsp3) is 0.714. The second kappa shape index (κ2) is 14.0. The molecular weight excluding hydrogens is 375 g/mol. The summed E-state index contributed by atoms with van der Waals surface area (Å²) >= 11 is 18.2. The topological polar surface area (TPSA) is 20.2 Å². The zero-order chi connectivity index (χ0) is 18.5. The van der Waals surface area contributed by atoms with Crippen molar-refractivity contribution in [2.75, 3.05) is 0 Å². The van der Waals surface area contributed by atoms with Crippen LogP contribution >= 0.6 is 34.8 Å². The van der Waals surface area contributed by atoms with Gasteiger partial charge in [0.05, 0.1) is 10.0 Å². The lowest BCUT2D eigenvalue weighted by Gasteiger charge is -2.10. The SMILES string of the molecule is CCCCCCCCCCCCCCCc1c(Cl)cc(Cl)c(O)c1Cl. The van der Waals surface area contributed by atoms with Crippen LogP contribution in [0.25, 0.3) is 0 Å². The normalized spacial score (nSPS) is 11.2. The highest BCUT2D eigenvalue weighted by atomic mass is 35.5. The Morgan fingerprint density at radius 1 is 0.680 bits per heavy atom. The van der Waals surface area contributed by atoms with Crippen molar-refractivity contribution >= 4 is 34.8 Å². The van der Waals surface area contributed by atoms with Crippen molar-refractivity contribution in [3.8, 4) is 5.75 Å². The summed E-state index contributed by atoms with van der Waals surface area (Å²) in [5, 5.41) is 10.9. The van der Waals surface area contributed by atoms with Gasteiger partial charge in [-0.2, -0.15) is 0 Å². The second-order valence-electron chi connectivity index (χ2n) is 6.97. The molecule has 1 rings (SSSR count). The summed E-state index contributed by atoms with van der Waals surface area (Å²) in [6.07, 6.45) is 18.0. The number of halogens is 3. The Bertz CT molecular complexity index is 489. The first kappa shape index (κ1) is 22.9. The van der Waals surface area contributed by atoms with Gasteiger partial charge in [-0.15, -0.1) is 0 Å². The summed E-state index contributed by atoms with van der Waals surface area (Å²) in [5.41, 5.74) is 0.813. The van der Waals surface area contributed by atoms with Crippen LogP contribution in [0.3, 0.4) is 0 Å². The van der Waals surface area contributed by atoms with E-state index in [9.17, 15) is 5.11 Å². The maximum absolute atomic E-state index is 9.79. The van der Waals surface area contributed by atoms with Crippen LogP contribution in [0.1, 0.15) is 96.0 Å². The van der Waals surface area contributed by atoms with Gasteiger partial charge in [0.25, 0.3) is 0 Å². The lowest BCUT2D eigenvalue weighted by Crippen LogP contribution is -1.91. The van der Waals surface area contributed by atoms with E-state index in [0.717, 1.165) is 18.4 Å². The minimum absolute atomic E-state index is 0.0579. The zero-order valence-electron chi connectivity index (χ0n) is 15.6. The summed E-state index contributed by atoms with van der Waals surface area (Å²) in [5.74, 6) is -0.0579. The Morgan fingerprint density at radius 2 is 1.12 bits per heavy atom. The molecule has 0 fully saturated rings. The first-order valence-electron chi connectivity index (χ1n) is 9.93. The van der Waals surface area contributed by atoms with E-state index in [1.54, 1.807) is 6.07 Å². The molecule has 144 valence electrons. The Balaban J connectivity index is 2.02. The van der Waals surface area contributed by atoms with Crippen LogP contribution in [-0.4, -0.2) is 5.11 Å². The molecule has 0 aliphatic heterocycles. The number of rotatable bonds is 14. The number of hydrogen-bond acceptors (Lipinski definition) is 1. The lowest BCUT2D eigenvalue weighted by molar-refractivity contribution is 0.475. The third kappa shape index (κ3) is 9.40. The van der Waals surface area contributed by atoms with Crippen molar-refractivity contribution in [3.05, 3.63) is 26.7 Å². The Hall–Kier alpha value is -0.110. The van der Waals surface area contributed by atoms with E-state index in [4.69, 9.17) is 34.8 Å². The molecule has 0 unspecified atom stereocenters. The molecule has 1 N–H and O–H groups in total. The summed E-state index contributed by atoms with van der Waals surface area (Å²) in [7, 11) is 0. The van der Waals surface area contributed by atoms with Gasteiger partial charge in [0.15, 0.2) is 5.75 Å². The van der Waals surface area contributed by atoms with E-state index in [1.807, 2.05) is 0 Å². The predicted molar refractivity (Wildman–Crippen MR) is 113 cm³/mol. The van der Waals surface area contributed by atoms with Gasteiger partial charge in [0.1, 0.15) is 0 Å². The van der Waals surface area contributed by atoms with Gasteiger partial charge >= 0.3 is 0 Å². The van der Waals surface area contributed by atoms with Gasteiger partial charge in [0, 0.05) is 5.02 Å². The standard InChI is InChI=1S/C21H33Cl3O/c1-2-3-4-5-6-7-8-9-10-11-12-13-14-15-17-18(22)16-19(23)21(25)20(17)24/h16,25H,2-15H2,1H3. The molecule has 25 heavy (non-hydrogen) atoms. The van der Waals surface area contributed by atoms with Crippen molar-refractivity contribution in [2.45, 2.75) is 96.8 Å². The summed E-state index contributed by atoms with van der Waals surface area (Å²) in [6, 6.07) is 1.57. The van der Waals surface area contributed by atoms with Crippen molar-refractivity contribution in [2.24, 2.45) is 0 Å². The zero-order valence-corrected chi connectivity index (χ0v) is 17.8. The van der Waals surface area contributed by atoms with Crippen molar-refractivity contribution in [1.82, 2.24) is 0 Å². The molecule has 1 aromatic carbocycles. The van der Waals surface area contributed by atoms with Crippen LogP contribution in [0.4, 0.5) is 0 Å². The summed E-state index contributed by atoms with van der Waals surface area (Å²) < 4.78 is 0. The average Bonchev–Trinajstić information content (AvgIpc) is 2.59. The molecule has 1 aromatic rings. The molecule has 0 radical (unpaired) electrons. The first-order valence-corrected chi connectivity index (χ1v) is 11.1. The first-order chi connectivity index (χ1) is 12.1. The fourth-order valence-electron chi connectivity index (χ4n) is 3.17. The van der Waals surface area contributed by atoms with E-state index in [2.05, 4.69) is 6.92 Å². The third-order valence-electron chi connectivity index (χ3n) is 4.77. The molecule has 0 spiro atoms. The second-order valence-corrected chi connectivity index (χ2v) is 8.17. The number of unbranched alkanes of at least 4 members (excludes halogenated alkanes) is 12. The highest BCUT2D eigenvalue weighted by molar-refractivity contribution is 6.41. The summed E-state index contributed by atoms with van der Waals surface area (Å²) in [6.45, 7) is 2.27. The largest absolute Gasteiger partial charge is 0.505 e. The molecule has 0 atom stereocenters. The molecule has 0 aromatic heterocycles. The molecule has 0 aliphatic rings. The fourth-order valence-corrected chi connectivity index (χ4v) is 4.12. The quantitative estimate of drug-likeness (QED) is 0.305. The van der Waals surface area contributed by atoms with E-state index in [0.29, 0.717) is 10.0 Å². The maximum atomic E-state index is 9.79. The number of benzene rings is 1. The van der Waals surface area contributed by atoms with Crippen LogP contribution in [0.15, 0.2) is 6.07 Å². The van der Waals surface area contributed by atoms with Gasteiger partial charge in [-0.25, -0.2) is 0 Å². The van der Waals surface area contributed by atoms with Crippen LogP contribution in [0, 0.1) is 0 Å². The lowest BCUT2D eigenvalue weighted by atomic mass is 10.0. The van der Waals surface area contributed by atoms with E-state index < -0.39 is 0 Å². The van der Waals surface area contributed by atoms with Crippen molar-refractivity contribution in [1.29, 1.82) is 0 Å². The highest BCUT2D eigenvalue weighted by Crippen LogP contribution is 2.39. The smallest absolute Gasteiger partial charge is 0.153 e. The van der Waals surface area contributed by atoms with Crippen LogP contribution in [0.5, 0.6) is 5.75 Å². The molecule has 0 amide bonds. The van der Waals surface area contributed by atoms with Crippen LogP contribution in [-0.2, 0) is 6.42 Å². The Labute approximate surface area is 169 Å². The van der Waals surface area contributed by atoms with Gasteiger partial charge in [-0.1, -0.05) is 119 Å². The number of hydrogen-bond donors (Lipinski definition) is 1. The maximum Gasteiger partial charge on any atom is 0.153 e. The number of phenolic OH excluding ortho intramolecular Hbond substituents is 1.